The Hall–Kier alpha value is -3.16. The molecule has 1 fully saturated rings. The van der Waals surface area contributed by atoms with E-state index in [2.05, 4.69) is 10.1 Å². The second-order valence-electron chi connectivity index (χ2n) is 5.87. The minimum atomic E-state index is -3.09. The third kappa shape index (κ3) is 4.16. The largest absolute Gasteiger partial charge is 0.493 e. The second kappa shape index (κ2) is 8.03. The van der Waals surface area contributed by atoms with E-state index in [0.717, 1.165) is 12.1 Å². The molecule has 0 aromatic heterocycles. The Bertz CT molecular complexity index is 840. The van der Waals surface area contributed by atoms with Crippen LogP contribution < -0.4 is 19.7 Å². The molecule has 1 N–H and O–H groups in total. The summed E-state index contributed by atoms with van der Waals surface area (Å²) in [6.45, 7) is -2.42. The summed E-state index contributed by atoms with van der Waals surface area (Å²) < 4.78 is 34.8. The first kappa shape index (κ1) is 18.6. The molecule has 142 valence electrons. The highest BCUT2D eigenvalue weighted by Crippen LogP contribution is 2.33. The first-order chi connectivity index (χ1) is 13.0. The van der Waals surface area contributed by atoms with Crippen molar-refractivity contribution in [2.75, 3.05) is 23.9 Å². The Kier molecular flexibility index (Phi) is 5.54. The summed E-state index contributed by atoms with van der Waals surface area (Å²) in [6.07, 6.45) is 1.35. The third-order valence-electron chi connectivity index (χ3n) is 4.16. The van der Waals surface area contributed by atoms with Gasteiger partial charge in [0, 0.05) is 24.3 Å². The predicted molar refractivity (Wildman–Crippen MR) is 95.6 cm³/mol. The molecule has 0 spiro atoms. The van der Waals surface area contributed by atoms with Crippen LogP contribution in [0.1, 0.15) is 23.2 Å². The van der Waals surface area contributed by atoms with E-state index in [1.165, 1.54) is 25.3 Å². The summed E-state index contributed by atoms with van der Waals surface area (Å²) in [5, 5.41) is 2.63. The van der Waals surface area contributed by atoms with Gasteiger partial charge in [0.1, 0.15) is 0 Å². The number of para-hydroxylation sites is 1. The van der Waals surface area contributed by atoms with Crippen LogP contribution in [-0.4, -0.2) is 32.1 Å². The summed E-state index contributed by atoms with van der Waals surface area (Å²) >= 11 is 0. The van der Waals surface area contributed by atoms with Crippen molar-refractivity contribution >= 4 is 23.2 Å². The van der Waals surface area contributed by atoms with E-state index in [-0.39, 0.29) is 23.0 Å². The number of alkyl halides is 2. The zero-order valence-corrected chi connectivity index (χ0v) is 14.6. The molecule has 6 nitrogen and oxygen atoms in total. The summed E-state index contributed by atoms with van der Waals surface area (Å²) in [4.78, 5) is 26.0. The lowest BCUT2D eigenvalue weighted by Crippen LogP contribution is -2.23. The lowest BCUT2D eigenvalue weighted by molar-refractivity contribution is -0.117. The van der Waals surface area contributed by atoms with Crippen LogP contribution in [0.3, 0.4) is 0 Å². The first-order valence-corrected chi connectivity index (χ1v) is 8.33. The fourth-order valence-corrected chi connectivity index (χ4v) is 2.91. The molecule has 2 aromatic rings. The van der Waals surface area contributed by atoms with Crippen molar-refractivity contribution in [1.29, 1.82) is 0 Å². The van der Waals surface area contributed by atoms with E-state index < -0.39 is 12.5 Å². The number of carbonyl (C=O) groups is 2. The van der Waals surface area contributed by atoms with Crippen LogP contribution in [0.5, 0.6) is 11.5 Å². The summed E-state index contributed by atoms with van der Waals surface area (Å²) in [5.41, 5.74) is 1.13. The van der Waals surface area contributed by atoms with Crippen molar-refractivity contribution < 1.29 is 27.8 Å². The van der Waals surface area contributed by atoms with Gasteiger partial charge in [-0.3, -0.25) is 9.59 Å². The maximum Gasteiger partial charge on any atom is 0.387 e. The summed E-state index contributed by atoms with van der Waals surface area (Å²) in [5.74, 6) is -0.843. The Labute approximate surface area is 154 Å². The fraction of sp³-hybridized carbons (Fsp3) is 0.263. The third-order valence-corrected chi connectivity index (χ3v) is 4.16. The zero-order chi connectivity index (χ0) is 19.4. The maximum atomic E-state index is 12.7. The first-order valence-electron chi connectivity index (χ1n) is 8.33. The quantitative estimate of drug-likeness (QED) is 0.835. The number of halogens is 2. The van der Waals surface area contributed by atoms with Gasteiger partial charge in [0.05, 0.1) is 12.7 Å². The summed E-state index contributed by atoms with van der Waals surface area (Å²) in [7, 11) is 1.30. The number of nitrogens with zero attached hydrogens (tertiary/aromatic N) is 1. The molecule has 3 rings (SSSR count). The van der Waals surface area contributed by atoms with Crippen molar-refractivity contribution in [3.8, 4) is 11.5 Å². The number of anilines is 2. The van der Waals surface area contributed by atoms with Gasteiger partial charge >= 0.3 is 6.61 Å². The average Bonchev–Trinajstić information content (AvgIpc) is 3.08. The molecule has 0 unspecified atom stereocenters. The molecular formula is C19H18F2N2O4. The van der Waals surface area contributed by atoms with Gasteiger partial charge in [0.15, 0.2) is 11.5 Å². The standard InChI is InChI=1S/C19H18F2N2O4/c1-26-15-5-2-4-14(17(15)27-19(20)21)18(25)22-12-7-9-13(10-8-12)23-11-3-6-16(23)24/h2,4-5,7-10,19H,3,6,11H2,1H3,(H,22,25). The molecule has 0 bridgehead atoms. The maximum absolute atomic E-state index is 12.7. The number of nitrogens with one attached hydrogen (secondary N) is 1. The fourth-order valence-electron chi connectivity index (χ4n) is 2.91. The lowest BCUT2D eigenvalue weighted by atomic mass is 10.1. The van der Waals surface area contributed by atoms with Crippen LogP contribution in [0.15, 0.2) is 42.5 Å². The van der Waals surface area contributed by atoms with Gasteiger partial charge in [-0.2, -0.15) is 8.78 Å². The Balaban J connectivity index is 1.78. The van der Waals surface area contributed by atoms with Crippen LogP contribution in [-0.2, 0) is 4.79 Å². The van der Waals surface area contributed by atoms with Gasteiger partial charge in [-0.1, -0.05) is 6.07 Å². The minimum Gasteiger partial charge on any atom is -0.493 e. The van der Waals surface area contributed by atoms with E-state index in [9.17, 15) is 18.4 Å². The molecule has 1 saturated heterocycles. The number of methoxy groups -OCH3 is 1. The molecule has 2 amide bonds. The van der Waals surface area contributed by atoms with Crippen molar-refractivity contribution in [2.45, 2.75) is 19.5 Å². The molecule has 0 atom stereocenters. The number of carbonyl (C=O) groups excluding carboxylic acids is 2. The number of ether oxygens (including phenoxy) is 2. The van der Waals surface area contributed by atoms with Gasteiger partial charge in [-0.05, 0) is 42.8 Å². The van der Waals surface area contributed by atoms with Crippen LogP contribution in [0.2, 0.25) is 0 Å². The molecule has 2 aromatic carbocycles. The van der Waals surface area contributed by atoms with Gasteiger partial charge in [0.25, 0.3) is 5.91 Å². The van der Waals surface area contributed by atoms with E-state index in [1.54, 1.807) is 29.2 Å². The molecule has 1 heterocycles. The zero-order valence-electron chi connectivity index (χ0n) is 14.6. The van der Waals surface area contributed by atoms with Crippen molar-refractivity contribution in [2.24, 2.45) is 0 Å². The number of amides is 2. The Morgan fingerprint density at radius 3 is 2.52 bits per heavy atom. The second-order valence-corrected chi connectivity index (χ2v) is 5.87. The Morgan fingerprint density at radius 2 is 1.93 bits per heavy atom. The number of hydrogen-bond donors (Lipinski definition) is 1. The minimum absolute atomic E-state index is 0.0332. The highest BCUT2D eigenvalue weighted by molar-refractivity contribution is 6.07. The molecule has 27 heavy (non-hydrogen) atoms. The lowest BCUT2D eigenvalue weighted by Gasteiger charge is -2.17. The highest BCUT2D eigenvalue weighted by Gasteiger charge is 2.22. The number of benzene rings is 2. The SMILES string of the molecule is COc1cccc(C(=O)Nc2ccc(N3CCCC3=O)cc2)c1OC(F)F. The van der Waals surface area contributed by atoms with E-state index in [1.807, 2.05) is 0 Å². The van der Waals surface area contributed by atoms with Crippen LogP contribution in [0, 0.1) is 0 Å². The highest BCUT2D eigenvalue weighted by atomic mass is 19.3. The van der Waals surface area contributed by atoms with Crippen molar-refractivity contribution in [1.82, 2.24) is 0 Å². The molecule has 8 heteroatoms. The van der Waals surface area contributed by atoms with E-state index in [0.29, 0.717) is 18.7 Å². The van der Waals surface area contributed by atoms with E-state index >= 15 is 0 Å². The van der Waals surface area contributed by atoms with Crippen molar-refractivity contribution in [3.63, 3.8) is 0 Å². The van der Waals surface area contributed by atoms with Crippen LogP contribution in [0.4, 0.5) is 20.2 Å². The topological polar surface area (TPSA) is 67.9 Å². The van der Waals surface area contributed by atoms with Gasteiger partial charge in [-0.15, -0.1) is 0 Å². The van der Waals surface area contributed by atoms with Crippen LogP contribution >= 0.6 is 0 Å². The molecule has 1 aliphatic rings. The van der Waals surface area contributed by atoms with Gasteiger partial charge < -0.3 is 19.7 Å². The molecule has 0 aliphatic carbocycles. The average molecular weight is 376 g/mol. The summed E-state index contributed by atoms with van der Waals surface area (Å²) in [6, 6.07) is 11.0. The Morgan fingerprint density at radius 1 is 1.19 bits per heavy atom. The molecule has 0 radical (unpaired) electrons. The van der Waals surface area contributed by atoms with Crippen molar-refractivity contribution in [3.05, 3.63) is 48.0 Å². The predicted octanol–water partition coefficient (Wildman–Crippen LogP) is 3.68. The molecule has 0 saturated carbocycles. The smallest absolute Gasteiger partial charge is 0.387 e. The molecule has 1 aliphatic heterocycles. The van der Waals surface area contributed by atoms with Gasteiger partial charge in [0.2, 0.25) is 5.91 Å². The molecular weight excluding hydrogens is 358 g/mol. The number of hydrogen-bond acceptors (Lipinski definition) is 4. The monoisotopic (exact) mass is 376 g/mol. The van der Waals surface area contributed by atoms with Gasteiger partial charge in [-0.25, -0.2) is 0 Å². The van der Waals surface area contributed by atoms with Crippen LogP contribution in [0.25, 0.3) is 0 Å². The number of rotatable bonds is 6. The van der Waals surface area contributed by atoms with E-state index in [4.69, 9.17) is 4.74 Å². The normalized spacial score (nSPS) is 13.8.